The van der Waals surface area contributed by atoms with Gasteiger partial charge in [0.25, 0.3) is 0 Å². The molecule has 0 fully saturated rings. The number of halogens is 1. The van der Waals surface area contributed by atoms with E-state index in [9.17, 15) is 12.8 Å². The van der Waals surface area contributed by atoms with Crippen molar-refractivity contribution in [2.75, 3.05) is 0 Å². The van der Waals surface area contributed by atoms with Crippen molar-refractivity contribution < 1.29 is 12.8 Å². The SMILES string of the molecule is C[C@H](Cc1csc2ccccc12)NS(=O)(=O)c1ccccc1F. The van der Waals surface area contributed by atoms with Crippen molar-refractivity contribution in [3.63, 3.8) is 0 Å². The Hall–Kier alpha value is -1.76. The minimum Gasteiger partial charge on any atom is -0.208 e. The van der Waals surface area contributed by atoms with Crippen molar-refractivity contribution in [1.82, 2.24) is 4.72 Å². The van der Waals surface area contributed by atoms with Gasteiger partial charge in [0.2, 0.25) is 10.0 Å². The van der Waals surface area contributed by atoms with Crippen LogP contribution in [0.2, 0.25) is 0 Å². The molecule has 0 saturated heterocycles. The topological polar surface area (TPSA) is 46.2 Å². The molecule has 0 aliphatic carbocycles. The van der Waals surface area contributed by atoms with E-state index in [1.165, 1.54) is 22.9 Å². The summed E-state index contributed by atoms with van der Waals surface area (Å²) < 4.78 is 42.0. The highest BCUT2D eigenvalue weighted by atomic mass is 32.2. The standard InChI is InChI=1S/C17H16FNO2S2/c1-12(10-13-11-22-16-8-4-2-6-14(13)16)19-23(20,21)17-9-5-3-7-15(17)18/h2-9,11-12,19H,10H2,1H3/t12-/m1/s1. The lowest BCUT2D eigenvalue weighted by molar-refractivity contribution is 0.542. The Kier molecular flexibility index (Phi) is 4.48. The molecule has 120 valence electrons. The van der Waals surface area contributed by atoms with Crippen molar-refractivity contribution in [2.45, 2.75) is 24.3 Å². The van der Waals surface area contributed by atoms with Gasteiger partial charge in [-0.25, -0.2) is 17.5 Å². The molecule has 1 atom stereocenters. The van der Waals surface area contributed by atoms with Crippen molar-refractivity contribution >= 4 is 31.4 Å². The molecular formula is C17H16FNO2S2. The van der Waals surface area contributed by atoms with Gasteiger partial charge in [0.1, 0.15) is 10.7 Å². The average molecular weight is 349 g/mol. The van der Waals surface area contributed by atoms with Crippen LogP contribution < -0.4 is 4.72 Å². The molecular weight excluding hydrogens is 333 g/mol. The maximum absolute atomic E-state index is 13.7. The van der Waals surface area contributed by atoms with Crippen molar-refractivity contribution in [1.29, 1.82) is 0 Å². The summed E-state index contributed by atoms with van der Waals surface area (Å²) in [7, 11) is -3.87. The third-order valence-corrected chi connectivity index (χ3v) is 6.20. The van der Waals surface area contributed by atoms with Crippen LogP contribution in [0, 0.1) is 5.82 Å². The average Bonchev–Trinajstić information content (AvgIpc) is 2.90. The number of fused-ring (bicyclic) bond motifs is 1. The first-order chi connectivity index (χ1) is 11.0. The van der Waals surface area contributed by atoms with E-state index >= 15 is 0 Å². The van der Waals surface area contributed by atoms with Crippen LogP contribution in [0.5, 0.6) is 0 Å². The second-order valence-corrected chi connectivity index (χ2v) is 8.01. The smallest absolute Gasteiger partial charge is 0.208 e. The zero-order valence-electron chi connectivity index (χ0n) is 12.5. The zero-order chi connectivity index (χ0) is 16.4. The van der Waals surface area contributed by atoms with Crippen LogP contribution in [0.15, 0.2) is 58.8 Å². The van der Waals surface area contributed by atoms with Crippen molar-refractivity contribution in [3.05, 3.63) is 65.3 Å². The summed E-state index contributed by atoms with van der Waals surface area (Å²) in [6.45, 7) is 1.78. The predicted octanol–water partition coefficient (Wildman–Crippen LogP) is 3.95. The molecule has 2 aromatic carbocycles. The van der Waals surface area contributed by atoms with E-state index in [2.05, 4.69) is 4.72 Å². The van der Waals surface area contributed by atoms with Crippen LogP contribution in [0.4, 0.5) is 4.39 Å². The monoisotopic (exact) mass is 349 g/mol. The highest BCUT2D eigenvalue weighted by Gasteiger charge is 2.21. The third kappa shape index (κ3) is 3.44. The number of hydrogen-bond donors (Lipinski definition) is 1. The Labute approximate surface area is 138 Å². The van der Waals surface area contributed by atoms with E-state index in [4.69, 9.17) is 0 Å². The van der Waals surface area contributed by atoms with E-state index in [-0.39, 0.29) is 10.9 Å². The molecule has 0 aliphatic rings. The minimum absolute atomic E-state index is 0.318. The summed E-state index contributed by atoms with van der Waals surface area (Å²) in [5, 5.41) is 3.17. The molecule has 0 radical (unpaired) electrons. The lowest BCUT2D eigenvalue weighted by Crippen LogP contribution is -2.34. The molecule has 0 saturated carbocycles. The fourth-order valence-corrected chi connectivity index (χ4v) is 4.85. The summed E-state index contributed by atoms with van der Waals surface area (Å²) in [4.78, 5) is -0.318. The van der Waals surface area contributed by atoms with E-state index in [1.807, 2.05) is 29.6 Å². The van der Waals surface area contributed by atoms with Crippen molar-refractivity contribution in [2.24, 2.45) is 0 Å². The molecule has 6 heteroatoms. The fourth-order valence-electron chi connectivity index (χ4n) is 2.55. The molecule has 0 spiro atoms. The lowest BCUT2D eigenvalue weighted by atomic mass is 10.1. The highest BCUT2D eigenvalue weighted by Crippen LogP contribution is 2.26. The number of thiophene rings is 1. The van der Waals surface area contributed by atoms with E-state index in [0.29, 0.717) is 6.42 Å². The van der Waals surface area contributed by atoms with Crippen LogP contribution in [0.25, 0.3) is 10.1 Å². The van der Waals surface area contributed by atoms with E-state index < -0.39 is 15.8 Å². The van der Waals surface area contributed by atoms with Gasteiger partial charge in [-0.3, -0.25) is 0 Å². The van der Waals surface area contributed by atoms with Gasteiger partial charge in [-0.05, 0) is 47.9 Å². The van der Waals surface area contributed by atoms with Gasteiger partial charge in [-0.15, -0.1) is 11.3 Å². The van der Waals surface area contributed by atoms with Gasteiger partial charge in [-0.1, -0.05) is 30.3 Å². The number of rotatable bonds is 5. The number of benzene rings is 2. The highest BCUT2D eigenvalue weighted by molar-refractivity contribution is 7.89. The van der Waals surface area contributed by atoms with Gasteiger partial charge in [0.05, 0.1) is 0 Å². The molecule has 0 aliphatic heterocycles. The quantitative estimate of drug-likeness (QED) is 0.758. The second kappa shape index (κ2) is 6.39. The Morgan fingerprint density at radius 2 is 1.83 bits per heavy atom. The first-order valence-electron chi connectivity index (χ1n) is 7.19. The molecule has 1 heterocycles. The predicted molar refractivity (Wildman–Crippen MR) is 91.7 cm³/mol. The van der Waals surface area contributed by atoms with Gasteiger partial charge >= 0.3 is 0 Å². The maximum atomic E-state index is 13.7. The molecule has 1 aromatic heterocycles. The molecule has 0 amide bonds. The van der Waals surface area contributed by atoms with Gasteiger partial charge in [0.15, 0.2) is 0 Å². The van der Waals surface area contributed by atoms with Crippen molar-refractivity contribution in [3.8, 4) is 0 Å². The third-order valence-electron chi connectivity index (χ3n) is 3.57. The first kappa shape index (κ1) is 16.1. The minimum atomic E-state index is -3.87. The summed E-state index contributed by atoms with van der Waals surface area (Å²) in [6, 6.07) is 13.1. The molecule has 3 rings (SSSR count). The van der Waals surface area contributed by atoms with E-state index in [0.717, 1.165) is 17.0 Å². The summed E-state index contributed by atoms with van der Waals surface area (Å²) in [6.07, 6.45) is 0.553. The van der Waals surface area contributed by atoms with Crippen LogP contribution in [-0.4, -0.2) is 14.5 Å². The number of nitrogens with one attached hydrogen (secondary N) is 1. The molecule has 3 aromatic rings. The Balaban J connectivity index is 1.79. The van der Waals surface area contributed by atoms with Gasteiger partial charge in [0, 0.05) is 10.7 Å². The van der Waals surface area contributed by atoms with Crippen LogP contribution in [0.1, 0.15) is 12.5 Å². The van der Waals surface area contributed by atoms with Gasteiger partial charge in [-0.2, -0.15) is 0 Å². The van der Waals surface area contributed by atoms with E-state index in [1.54, 1.807) is 18.3 Å². The summed E-state index contributed by atoms with van der Waals surface area (Å²) >= 11 is 1.64. The Morgan fingerprint density at radius 3 is 2.61 bits per heavy atom. The van der Waals surface area contributed by atoms with Crippen LogP contribution in [-0.2, 0) is 16.4 Å². The largest absolute Gasteiger partial charge is 0.243 e. The maximum Gasteiger partial charge on any atom is 0.243 e. The first-order valence-corrected chi connectivity index (χ1v) is 9.55. The Morgan fingerprint density at radius 1 is 1.13 bits per heavy atom. The molecule has 0 unspecified atom stereocenters. The summed E-state index contributed by atoms with van der Waals surface area (Å²) in [5.74, 6) is -0.742. The fraction of sp³-hybridized carbons (Fsp3) is 0.176. The lowest BCUT2D eigenvalue weighted by Gasteiger charge is -2.14. The number of hydrogen-bond acceptors (Lipinski definition) is 3. The molecule has 0 bridgehead atoms. The Bertz CT molecular complexity index is 934. The molecule has 23 heavy (non-hydrogen) atoms. The normalized spacial score (nSPS) is 13.3. The second-order valence-electron chi connectivity index (χ2n) is 5.41. The number of sulfonamides is 1. The molecule has 3 nitrogen and oxygen atoms in total. The van der Waals surface area contributed by atoms with Gasteiger partial charge < -0.3 is 0 Å². The summed E-state index contributed by atoms with van der Waals surface area (Å²) in [5.41, 5.74) is 1.09. The van der Waals surface area contributed by atoms with Crippen LogP contribution in [0.3, 0.4) is 0 Å². The zero-order valence-corrected chi connectivity index (χ0v) is 14.1. The van der Waals surface area contributed by atoms with Crippen LogP contribution >= 0.6 is 11.3 Å². The molecule has 1 N–H and O–H groups in total.